The molecule has 3 aromatic carbocycles. The maximum Gasteiger partial charge on any atom is 0.280 e. The quantitative estimate of drug-likeness (QED) is 0.196. The van der Waals surface area contributed by atoms with Gasteiger partial charge in [0.05, 0.1) is 20.8 Å². The van der Waals surface area contributed by atoms with Crippen LogP contribution in [0.1, 0.15) is 11.1 Å². The largest absolute Gasteiger partial charge is 0.493 e. The Morgan fingerprint density at radius 3 is 2.28 bits per heavy atom. The van der Waals surface area contributed by atoms with Crippen molar-refractivity contribution in [2.24, 2.45) is 0 Å². The van der Waals surface area contributed by atoms with Crippen molar-refractivity contribution in [2.75, 3.05) is 18.9 Å². The number of anilines is 1. The second-order valence-corrected chi connectivity index (χ2v) is 10.7. The second kappa shape index (κ2) is 13.2. The third-order valence-corrected chi connectivity index (χ3v) is 7.39. The van der Waals surface area contributed by atoms with E-state index in [2.05, 4.69) is 19.7 Å². The normalized spacial score (nSPS) is 11.0. The summed E-state index contributed by atoms with van der Waals surface area (Å²) in [7, 11) is -1.40. The van der Waals surface area contributed by atoms with Crippen molar-refractivity contribution >= 4 is 15.8 Å². The molecule has 0 aliphatic rings. The number of benzene rings is 3. The summed E-state index contributed by atoms with van der Waals surface area (Å²) in [6.45, 7) is 0.0749. The summed E-state index contributed by atoms with van der Waals surface area (Å²) in [5.41, 5.74) is 2.00. The molecule has 5 rings (SSSR count). The number of sulfonamides is 1. The number of nitrogens with one attached hydrogen (secondary N) is 1. The van der Waals surface area contributed by atoms with E-state index >= 15 is 0 Å². The number of hydrogen-bond acceptors (Lipinski definition) is 10. The van der Waals surface area contributed by atoms with Gasteiger partial charge in [0.25, 0.3) is 15.9 Å². The topological polar surface area (TPSA) is 142 Å². The number of aromatic nitrogens is 3. The SMILES string of the molecule is COc1ccccc1Oc1c(NS(=O)(=O)c2ccc(CO)cn2)nc(-c2cccc(OCc3ccccc3)c2)nc1OC. The standard InChI is InChI=1S/C31H28N4O7S/c1-39-25-13-6-7-14-26(25)42-28-30(35-43(37,38)27-16-15-22(19-36)18-32-27)33-29(34-31(28)40-2)23-11-8-12-24(17-23)41-20-21-9-4-3-5-10-21/h3-18,36H,19-20H2,1-2H3,(H,33,34,35). The number of pyridine rings is 1. The number of nitrogens with zero attached hydrogens (tertiary/aromatic N) is 3. The van der Waals surface area contributed by atoms with Crippen LogP contribution in [0, 0.1) is 0 Å². The molecule has 0 amide bonds. The number of methoxy groups -OCH3 is 2. The first-order valence-electron chi connectivity index (χ1n) is 13.0. The Kier molecular flexibility index (Phi) is 8.99. The average molecular weight is 601 g/mol. The van der Waals surface area contributed by atoms with Crippen LogP contribution >= 0.6 is 0 Å². The summed E-state index contributed by atoms with van der Waals surface area (Å²) >= 11 is 0. The van der Waals surface area contributed by atoms with Crippen LogP contribution in [-0.4, -0.2) is 42.7 Å². The van der Waals surface area contributed by atoms with Gasteiger partial charge in [-0.1, -0.05) is 60.7 Å². The highest BCUT2D eigenvalue weighted by molar-refractivity contribution is 7.92. The predicted octanol–water partition coefficient (Wildman–Crippen LogP) is 5.22. The number of aliphatic hydroxyl groups excluding tert-OH is 1. The van der Waals surface area contributed by atoms with Gasteiger partial charge in [-0.25, -0.2) is 9.97 Å². The minimum Gasteiger partial charge on any atom is -0.493 e. The molecule has 0 aliphatic heterocycles. The molecule has 0 saturated heterocycles. The van der Waals surface area contributed by atoms with E-state index in [4.69, 9.17) is 18.9 Å². The Morgan fingerprint density at radius 1 is 0.814 bits per heavy atom. The Labute approximate surface area is 248 Å². The maximum absolute atomic E-state index is 13.4. The van der Waals surface area contributed by atoms with Crippen LogP contribution in [0.5, 0.6) is 28.9 Å². The van der Waals surface area contributed by atoms with Crippen molar-refractivity contribution in [3.8, 4) is 40.3 Å². The van der Waals surface area contributed by atoms with Gasteiger partial charge in [-0.15, -0.1) is 0 Å². The Balaban J connectivity index is 1.56. The molecule has 0 fully saturated rings. The van der Waals surface area contributed by atoms with Gasteiger partial charge in [0.15, 0.2) is 28.2 Å². The van der Waals surface area contributed by atoms with E-state index in [1.807, 2.05) is 30.3 Å². The minimum atomic E-state index is -4.26. The first-order valence-corrected chi connectivity index (χ1v) is 14.5. The van der Waals surface area contributed by atoms with Crippen LogP contribution in [-0.2, 0) is 23.2 Å². The smallest absolute Gasteiger partial charge is 0.280 e. The molecular formula is C31H28N4O7S. The van der Waals surface area contributed by atoms with E-state index in [0.717, 1.165) is 5.56 Å². The van der Waals surface area contributed by atoms with Crippen molar-refractivity contribution in [1.29, 1.82) is 0 Å². The molecule has 2 heterocycles. The molecule has 2 aromatic heterocycles. The third-order valence-electron chi connectivity index (χ3n) is 6.14. The van der Waals surface area contributed by atoms with E-state index in [1.165, 1.54) is 32.5 Å². The van der Waals surface area contributed by atoms with Gasteiger partial charge in [-0.05, 0) is 41.5 Å². The van der Waals surface area contributed by atoms with E-state index in [9.17, 15) is 13.5 Å². The van der Waals surface area contributed by atoms with Gasteiger partial charge < -0.3 is 24.1 Å². The van der Waals surface area contributed by atoms with Gasteiger partial charge in [0.1, 0.15) is 12.4 Å². The zero-order valence-corrected chi connectivity index (χ0v) is 24.1. The van der Waals surface area contributed by atoms with E-state index in [1.54, 1.807) is 48.5 Å². The molecular weight excluding hydrogens is 572 g/mol. The fourth-order valence-corrected chi connectivity index (χ4v) is 4.92. The molecule has 0 saturated carbocycles. The number of ether oxygens (including phenoxy) is 4. The third kappa shape index (κ3) is 7.00. The van der Waals surface area contributed by atoms with Crippen LogP contribution in [0.4, 0.5) is 5.82 Å². The number of hydrogen-bond donors (Lipinski definition) is 2. The summed E-state index contributed by atoms with van der Waals surface area (Å²) in [5.74, 6) is 1.06. The molecule has 220 valence electrons. The van der Waals surface area contributed by atoms with Crippen molar-refractivity contribution in [3.63, 3.8) is 0 Å². The van der Waals surface area contributed by atoms with E-state index < -0.39 is 10.0 Å². The van der Waals surface area contributed by atoms with Gasteiger partial charge in [0.2, 0.25) is 5.75 Å². The first-order chi connectivity index (χ1) is 20.9. The average Bonchev–Trinajstić information content (AvgIpc) is 3.05. The zero-order valence-electron chi connectivity index (χ0n) is 23.3. The highest BCUT2D eigenvalue weighted by Gasteiger charge is 2.25. The molecule has 0 aliphatic carbocycles. The number of para-hydroxylation sites is 2. The van der Waals surface area contributed by atoms with Crippen molar-refractivity contribution in [2.45, 2.75) is 18.2 Å². The maximum atomic E-state index is 13.4. The van der Waals surface area contributed by atoms with Crippen LogP contribution in [0.25, 0.3) is 11.4 Å². The number of rotatable bonds is 12. The van der Waals surface area contributed by atoms with Gasteiger partial charge >= 0.3 is 0 Å². The molecule has 2 N–H and O–H groups in total. The Morgan fingerprint density at radius 2 is 1.58 bits per heavy atom. The molecule has 43 heavy (non-hydrogen) atoms. The summed E-state index contributed by atoms with van der Waals surface area (Å²) in [4.78, 5) is 13.0. The molecule has 0 bridgehead atoms. The van der Waals surface area contributed by atoms with Crippen molar-refractivity contribution in [3.05, 3.63) is 108 Å². The molecule has 0 atom stereocenters. The molecule has 5 aromatic rings. The lowest BCUT2D eigenvalue weighted by Gasteiger charge is -2.17. The zero-order chi connectivity index (χ0) is 30.2. The van der Waals surface area contributed by atoms with Gasteiger partial charge in [-0.2, -0.15) is 13.4 Å². The summed E-state index contributed by atoms with van der Waals surface area (Å²) < 4.78 is 52.3. The lowest BCUT2D eigenvalue weighted by molar-refractivity contribution is 0.281. The van der Waals surface area contributed by atoms with Crippen molar-refractivity contribution < 1.29 is 32.5 Å². The fourth-order valence-electron chi connectivity index (χ4n) is 3.98. The van der Waals surface area contributed by atoms with Crippen LogP contribution in [0.3, 0.4) is 0 Å². The number of aliphatic hydroxyl groups is 1. The summed E-state index contributed by atoms with van der Waals surface area (Å²) in [6, 6.07) is 26.4. The molecule has 0 radical (unpaired) electrons. The summed E-state index contributed by atoms with van der Waals surface area (Å²) in [6.07, 6.45) is 1.27. The predicted molar refractivity (Wildman–Crippen MR) is 159 cm³/mol. The summed E-state index contributed by atoms with van der Waals surface area (Å²) in [5, 5.41) is 9.03. The van der Waals surface area contributed by atoms with Crippen LogP contribution in [0.2, 0.25) is 0 Å². The van der Waals surface area contributed by atoms with Gasteiger partial charge in [-0.3, -0.25) is 4.72 Å². The molecule has 12 heteroatoms. The van der Waals surface area contributed by atoms with Gasteiger partial charge in [0, 0.05) is 11.8 Å². The Bertz CT molecular complexity index is 1800. The molecule has 11 nitrogen and oxygen atoms in total. The van der Waals surface area contributed by atoms with E-state index in [-0.39, 0.29) is 40.7 Å². The molecule has 0 unspecified atom stereocenters. The second-order valence-electron chi connectivity index (χ2n) is 9.06. The van der Waals surface area contributed by atoms with Crippen LogP contribution in [0.15, 0.2) is 102 Å². The molecule has 0 spiro atoms. The lowest BCUT2D eigenvalue weighted by Crippen LogP contribution is -2.17. The minimum absolute atomic E-state index is 0.0344. The monoisotopic (exact) mass is 600 g/mol. The highest BCUT2D eigenvalue weighted by Crippen LogP contribution is 2.41. The van der Waals surface area contributed by atoms with Crippen molar-refractivity contribution in [1.82, 2.24) is 15.0 Å². The lowest BCUT2D eigenvalue weighted by atomic mass is 10.2. The Hall–Kier alpha value is -5.20. The fraction of sp³-hybridized carbons (Fsp3) is 0.129. The van der Waals surface area contributed by atoms with Crippen LogP contribution < -0.4 is 23.7 Å². The highest BCUT2D eigenvalue weighted by atomic mass is 32.2. The first kappa shape index (κ1) is 29.3. The van der Waals surface area contributed by atoms with E-state index in [0.29, 0.717) is 29.2 Å².